The van der Waals surface area contributed by atoms with E-state index in [0.717, 1.165) is 25.5 Å². The molecule has 0 amide bonds. The SMILES string of the molecule is CCCCCN(C)CCOCCS. The maximum atomic E-state index is 5.34. The Morgan fingerprint density at radius 1 is 1.15 bits per heavy atom. The largest absolute Gasteiger partial charge is 0.379 e. The third kappa shape index (κ3) is 10.2. The highest BCUT2D eigenvalue weighted by atomic mass is 32.1. The van der Waals surface area contributed by atoms with Gasteiger partial charge in [0.1, 0.15) is 0 Å². The number of hydrogen-bond acceptors (Lipinski definition) is 3. The number of unbranched alkanes of at least 4 members (excludes halogenated alkanes) is 2. The van der Waals surface area contributed by atoms with Crippen LogP contribution in [0.2, 0.25) is 0 Å². The van der Waals surface area contributed by atoms with Crippen molar-refractivity contribution < 1.29 is 4.74 Å². The van der Waals surface area contributed by atoms with Gasteiger partial charge in [-0.25, -0.2) is 0 Å². The Labute approximate surface area is 88.1 Å². The fourth-order valence-electron chi connectivity index (χ4n) is 1.13. The summed E-state index contributed by atoms with van der Waals surface area (Å²) < 4.78 is 5.34. The first kappa shape index (κ1) is 13.3. The third-order valence-electron chi connectivity index (χ3n) is 2.00. The second-order valence-electron chi connectivity index (χ2n) is 3.35. The minimum absolute atomic E-state index is 0.770. The van der Waals surface area contributed by atoms with Crippen LogP contribution in [0.25, 0.3) is 0 Å². The molecule has 2 nitrogen and oxygen atoms in total. The molecule has 0 saturated heterocycles. The minimum Gasteiger partial charge on any atom is -0.379 e. The molecule has 0 aromatic carbocycles. The Bertz CT molecular complexity index is 101. The lowest BCUT2D eigenvalue weighted by Crippen LogP contribution is -2.24. The molecule has 0 aliphatic heterocycles. The van der Waals surface area contributed by atoms with Crippen LogP contribution in [0.4, 0.5) is 0 Å². The van der Waals surface area contributed by atoms with Crippen LogP contribution in [-0.4, -0.2) is 44.0 Å². The van der Waals surface area contributed by atoms with Crippen molar-refractivity contribution in [3.8, 4) is 0 Å². The maximum absolute atomic E-state index is 5.34. The van der Waals surface area contributed by atoms with E-state index in [9.17, 15) is 0 Å². The summed E-state index contributed by atoms with van der Waals surface area (Å²) in [6.45, 7) is 6.07. The molecule has 0 fully saturated rings. The molecular weight excluding hydrogens is 182 g/mol. The molecule has 0 aliphatic carbocycles. The fourth-order valence-corrected chi connectivity index (χ4v) is 1.26. The van der Waals surface area contributed by atoms with Gasteiger partial charge in [0.05, 0.1) is 13.2 Å². The molecule has 0 saturated carbocycles. The smallest absolute Gasteiger partial charge is 0.0593 e. The Morgan fingerprint density at radius 2 is 1.92 bits per heavy atom. The number of rotatable bonds is 9. The van der Waals surface area contributed by atoms with Crippen LogP contribution in [0.1, 0.15) is 26.2 Å². The van der Waals surface area contributed by atoms with E-state index in [1.807, 2.05) is 0 Å². The van der Waals surface area contributed by atoms with Crippen molar-refractivity contribution in [1.82, 2.24) is 4.90 Å². The highest BCUT2D eigenvalue weighted by molar-refractivity contribution is 7.80. The molecule has 0 atom stereocenters. The van der Waals surface area contributed by atoms with Crippen molar-refractivity contribution in [2.75, 3.05) is 39.1 Å². The Kier molecular flexibility index (Phi) is 10.6. The number of hydrogen-bond donors (Lipinski definition) is 1. The standard InChI is InChI=1S/C10H23NOS/c1-3-4-5-6-11(2)7-8-12-9-10-13/h13H,3-10H2,1-2H3. The Morgan fingerprint density at radius 3 is 2.54 bits per heavy atom. The van der Waals surface area contributed by atoms with E-state index in [1.165, 1.54) is 25.8 Å². The fraction of sp³-hybridized carbons (Fsp3) is 1.00. The molecule has 0 aliphatic rings. The summed E-state index contributed by atoms with van der Waals surface area (Å²) in [6.07, 6.45) is 3.94. The van der Waals surface area contributed by atoms with Crippen LogP contribution >= 0.6 is 12.6 Å². The van der Waals surface area contributed by atoms with Crippen molar-refractivity contribution >= 4 is 12.6 Å². The lowest BCUT2D eigenvalue weighted by atomic mass is 10.2. The Hall–Kier alpha value is 0.270. The van der Waals surface area contributed by atoms with Crippen LogP contribution in [0, 0.1) is 0 Å². The van der Waals surface area contributed by atoms with Crippen molar-refractivity contribution in [3.63, 3.8) is 0 Å². The monoisotopic (exact) mass is 205 g/mol. The summed E-state index contributed by atoms with van der Waals surface area (Å²) in [5, 5.41) is 0. The lowest BCUT2D eigenvalue weighted by Gasteiger charge is -2.15. The first-order chi connectivity index (χ1) is 6.31. The summed E-state index contributed by atoms with van der Waals surface area (Å²) in [5.41, 5.74) is 0. The first-order valence-corrected chi connectivity index (χ1v) is 5.81. The molecule has 0 rings (SSSR count). The number of ether oxygens (including phenoxy) is 1. The van der Waals surface area contributed by atoms with Crippen LogP contribution in [0.5, 0.6) is 0 Å². The molecule has 0 bridgehead atoms. The quantitative estimate of drug-likeness (QED) is 0.457. The average molecular weight is 205 g/mol. The van der Waals surface area contributed by atoms with E-state index >= 15 is 0 Å². The second kappa shape index (κ2) is 10.4. The molecule has 0 heterocycles. The number of likely N-dealkylation sites (N-methyl/N-ethyl adjacent to an activating group) is 1. The molecule has 80 valence electrons. The van der Waals surface area contributed by atoms with Gasteiger partial charge in [-0.15, -0.1) is 0 Å². The predicted octanol–water partition coefficient (Wildman–Crippen LogP) is 2.05. The molecule has 3 heteroatoms. The molecular formula is C10H23NOS. The second-order valence-corrected chi connectivity index (χ2v) is 3.79. The van der Waals surface area contributed by atoms with E-state index in [4.69, 9.17) is 4.74 Å². The van der Waals surface area contributed by atoms with E-state index in [2.05, 4.69) is 31.5 Å². The van der Waals surface area contributed by atoms with Gasteiger partial charge in [-0.1, -0.05) is 19.8 Å². The molecule has 0 aromatic rings. The molecule has 0 radical (unpaired) electrons. The summed E-state index contributed by atoms with van der Waals surface area (Å²) in [6, 6.07) is 0. The molecule has 0 N–H and O–H groups in total. The summed E-state index contributed by atoms with van der Waals surface area (Å²) in [4.78, 5) is 2.33. The van der Waals surface area contributed by atoms with Crippen molar-refractivity contribution in [1.29, 1.82) is 0 Å². The topological polar surface area (TPSA) is 12.5 Å². The van der Waals surface area contributed by atoms with Gasteiger partial charge in [0, 0.05) is 12.3 Å². The van der Waals surface area contributed by atoms with Crippen LogP contribution < -0.4 is 0 Å². The van der Waals surface area contributed by atoms with Gasteiger partial charge in [0.25, 0.3) is 0 Å². The van der Waals surface area contributed by atoms with Gasteiger partial charge >= 0.3 is 0 Å². The van der Waals surface area contributed by atoms with Crippen LogP contribution in [0.15, 0.2) is 0 Å². The van der Waals surface area contributed by atoms with E-state index in [0.29, 0.717) is 0 Å². The van der Waals surface area contributed by atoms with Gasteiger partial charge in [-0.3, -0.25) is 0 Å². The van der Waals surface area contributed by atoms with Gasteiger partial charge in [0.15, 0.2) is 0 Å². The number of thiol groups is 1. The van der Waals surface area contributed by atoms with Crippen molar-refractivity contribution in [3.05, 3.63) is 0 Å². The Balaban J connectivity index is 3.05. The molecule has 0 unspecified atom stereocenters. The van der Waals surface area contributed by atoms with Gasteiger partial charge in [-0.2, -0.15) is 12.6 Å². The maximum Gasteiger partial charge on any atom is 0.0593 e. The highest BCUT2D eigenvalue weighted by Gasteiger charge is 1.96. The van der Waals surface area contributed by atoms with Gasteiger partial charge in [-0.05, 0) is 20.0 Å². The van der Waals surface area contributed by atoms with Crippen LogP contribution in [-0.2, 0) is 4.74 Å². The predicted molar refractivity (Wildman–Crippen MR) is 61.7 cm³/mol. The first-order valence-electron chi connectivity index (χ1n) is 5.18. The van der Waals surface area contributed by atoms with Gasteiger partial charge < -0.3 is 9.64 Å². The van der Waals surface area contributed by atoms with E-state index in [-0.39, 0.29) is 0 Å². The zero-order chi connectivity index (χ0) is 9.94. The average Bonchev–Trinajstić information content (AvgIpc) is 2.13. The van der Waals surface area contributed by atoms with E-state index < -0.39 is 0 Å². The summed E-state index contributed by atoms with van der Waals surface area (Å²) in [7, 11) is 2.15. The van der Waals surface area contributed by atoms with Crippen LogP contribution in [0.3, 0.4) is 0 Å². The molecule has 0 aromatic heterocycles. The summed E-state index contributed by atoms with van der Waals surface area (Å²) in [5.74, 6) is 0.819. The lowest BCUT2D eigenvalue weighted by molar-refractivity contribution is 0.124. The minimum atomic E-state index is 0.770. The zero-order valence-electron chi connectivity index (χ0n) is 8.96. The molecule has 0 spiro atoms. The highest BCUT2D eigenvalue weighted by Crippen LogP contribution is 1.95. The van der Waals surface area contributed by atoms with Crippen molar-refractivity contribution in [2.24, 2.45) is 0 Å². The zero-order valence-corrected chi connectivity index (χ0v) is 9.85. The van der Waals surface area contributed by atoms with Crippen molar-refractivity contribution in [2.45, 2.75) is 26.2 Å². The summed E-state index contributed by atoms with van der Waals surface area (Å²) >= 11 is 4.08. The normalized spacial score (nSPS) is 11.1. The van der Waals surface area contributed by atoms with Gasteiger partial charge in [0.2, 0.25) is 0 Å². The van der Waals surface area contributed by atoms with E-state index in [1.54, 1.807) is 0 Å². The number of nitrogens with zero attached hydrogens (tertiary/aromatic N) is 1. The third-order valence-corrected chi connectivity index (χ3v) is 2.18. The molecule has 13 heavy (non-hydrogen) atoms.